The molecule has 0 spiro atoms. The third-order valence-corrected chi connectivity index (χ3v) is 4.48. The van der Waals surface area contributed by atoms with Crippen LogP contribution in [0.4, 0.5) is 0 Å². The van der Waals surface area contributed by atoms with E-state index >= 15 is 0 Å². The van der Waals surface area contributed by atoms with E-state index in [9.17, 15) is 8.42 Å². The molecule has 0 radical (unpaired) electrons. The monoisotopic (exact) mass is 290 g/mol. The molecule has 2 rings (SSSR count). The Labute approximate surface area is 119 Å². The van der Waals surface area contributed by atoms with Crippen LogP contribution in [0.15, 0.2) is 53.7 Å². The minimum Gasteiger partial charge on any atom is -0.265 e. The summed E-state index contributed by atoms with van der Waals surface area (Å²) in [6.45, 7) is 2.50. The molecule has 0 bridgehead atoms. The van der Waals surface area contributed by atoms with Crippen molar-refractivity contribution in [3.8, 4) is 11.1 Å². The van der Waals surface area contributed by atoms with Gasteiger partial charge in [0, 0.05) is 18.9 Å². The molecule has 4 nitrogen and oxygen atoms in total. The summed E-state index contributed by atoms with van der Waals surface area (Å²) in [6.07, 6.45) is 5.23. The first kappa shape index (κ1) is 14.7. The molecule has 1 heterocycles. The van der Waals surface area contributed by atoms with E-state index in [-0.39, 0.29) is 0 Å². The molecule has 0 unspecified atom stereocenters. The van der Waals surface area contributed by atoms with Gasteiger partial charge in [0.15, 0.2) is 0 Å². The Balaban J connectivity index is 2.16. The van der Waals surface area contributed by atoms with Gasteiger partial charge in [-0.05, 0) is 41.8 Å². The molecule has 1 N–H and O–H groups in total. The highest BCUT2D eigenvalue weighted by molar-refractivity contribution is 7.89. The number of nitrogens with one attached hydrogen (secondary N) is 1. The van der Waals surface area contributed by atoms with E-state index in [1.165, 1.54) is 0 Å². The number of pyridine rings is 1. The fourth-order valence-corrected chi connectivity index (χ4v) is 2.91. The Morgan fingerprint density at radius 3 is 2.20 bits per heavy atom. The number of sulfonamides is 1. The lowest BCUT2D eigenvalue weighted by Gasteiger charge is -2.07. The summed E-state index contributed by atoms with van der Waals surface area (Å²) in [5.74, 6) is 0. The van der Waals surface area contributed by atoms with Crippen molar-refractivity contribution >= 4 is 10.0 Å². The second-order valence-electron chi connectivity index (χ2n) is 4.51. The van der Waals surface area contributed by atoms with E-state index < -0.39 is 10.0 Å². The summed E-state index contributed by atoms with van der Waals surface area (Å²) in [5, 5.41) is 0. The summed E-state index contributed by atoms with van der Waals surface area (Å²) in [7, 11) is -3.39. The van der Waals surface area contributed by atoms with Crippen LogP contribution in [0.25, 0.3) is 11.1 Å². The average Bonchev–Trinajstić information content (AvgIpc) is 2.48. The maximum atomic E-state index is 12.0. The molecule has 0 atom stereocenters. The van der Waals surface area contributed by atoms with Crippen molar-refractivity contribution in [2.24, 2.45) is 0 Å². The van der Waals surface area contributed by atoms with Gasteiger partial charge >= 0.3 is 0 Å². The first-order valence-electron chi connectivity index (χ1n) is 6.63. The molecular formula is C15H18N2O2S. The predicted octanol–water partition coefficient (Wildman–Crippen LogP) is 2.83. The Bertz CT molecular complexity index is 637. The summed E-state index contributed by atoms with van der Waals surface area (Å²) < 4.78 is 26.7. The van der Waals surface area contributed by atoms with Crippen LogP contribution in [0, 0.1) is 0 Å². The molecule has 0 aliphatic carbocycles. The molecule has 0 saturated heterocycles. The number of benzene rings is 1. The molecule has 20 heavy (non-hydrogen) atoms. The number of rotatable bonds is 6. The van der Waals surface area contributed by atoms with Gasteiger partial charge in [-0.3, -0.25) is 4.98 Å². The maximum absolute atomic E-state index is 12.0. The molecule has 0 aliphatic rings. The van der Waals surface area contributed by atoms with Crippen molar-refractivity contribution in [1.29, 1.82) is 0 Å². The molecule has 5 heteroatoms. The van der Waals surface area contributed by atoms with Gasteiger partial charge in [-0.25, -0.2) is 13.1 Å². The zero-order valence-corrected chi connectivity index (χ0v) is 12.2. The van der Waals surface area contributed by atoms with Gasteiger partial charge in [0.05, 0.1) is 4.90 Å². The Morgan fingerprint density at radius 2 is 1.60 bits per heavy atom. The fraction of sp³-hybridized carbons (Fsp3) is 0.267. The standard InChI is InChI=1S/C15H18N2O2S/c1-2-3-10-17-20(18,19)15-6-4-13(5-7-15)14-8-11-16-12-9-14/h4-9,11-12,17H,2-3,10H2,1H3. The lowest BCUT2D eigenvalue weighted by atomic mass is 10.1. The van der Waals surface area contributed by atoms with E-state index in [0.29, 0.717) is 11.4 Å². The van der Waals surface area contributed by atoms with Gasteiger partial charge in [-0.1, -0.05) is 25.5 Å². The van der Waals surface area contributed by atoms with Crippen LogP contribution < -0.4 is 4.72 Å². The highest BCUT2D eigenvalue weighted by Crippen LogP contribution is 2.20. The molecule has 1 aromatic carbocycles. The lowest BCUT2D eigenvalue weighted by Crippen LogP contribution is -2.24. The maximum Gasteiger partial charge on any atom is 0.240 e. The first-order valence-corrected chi connectivity index (χ1v) is 8.12. The van der Waals surface area contributed by atoms with E-state index in [1.807, 2.05) is 31.2 Å². The van der Waals surface area contributed by atoms with Gasteiger partial charge in [0.25, 0.3) is 0 Å². The van der Waals surface area contributed by atoms with E-state index in [0.717, 1.165) is 24.0 Å². The number of unbranched alkanes of at least 4 members (excludes halogenated alkanes) is 1. The van der Waals surface area contributed by atoms with Crippen LogP contribution in [0.1, 0.15) is 19.8 Å². The summed E-state index contributed by atoms with van der Waals surface area (Å²) in [6, 6.07) is 10.7. The molecule has 0 saturated carbocycles. The van der Waals surface area contributed by atoms with Crippen molar-refractivity contribution < 1.29 is 8.42 Å². The summed E-state index contributed by atoms with van der Waals surface area (Å²) >= 11 is 0. The zero-order chi connectivity index (χ0) is 14.4. The molecule has 1 aromatic heterocycles. The van der Waals surface area contributed by atoms with Gasteiger partial charge in [0.2, 0.25) is 10.0 Å². The van der Waals surface area contributed by atoms with Crippen molar-refractivity contribution in [1.82, 2.24) is 9.71 Å². The van der Waals surface area contributed by atoms with Gasteiger partial charge in [-0.15, -0.1) is 0 Å². The van der Waals surface area contributed by atoms with E-state index in [2.05, 4.69) is 9.71 Å². The van der Waals surface area contributed by atoms with Gasteiger partial charge in [0.1, 0.15) is 0 Å². The highest BCUT2D eigenvalue weighted by atomic mass is 32.2. The normalized spacial score (nSPS) is 11.4. The molecule has 2 aromatic rings. The quantitative estimate of drug-likeness (QED) is 0.832. The SMILES string of the molecule is CCCCNS(=O)(=O)c1ccc(-c2ccncc2)cc1. The van der Waals surface area contributed by atoms with Crippen LogP contribution in [0.3, 0.4) is 0 Å². The Hall–Kier alpha value is -1.72. The Kier molecular flexibility index (Phi) is 4.87. The smallest absolute Gasteiger partial charge is 0.240 e. The minimum absolute atomic E-state index is 0.298. The topological polar surface area (TPSA) is 59.1 Å². The molecular weight excluding hydrogens is 272 g/mol. The number of nitrogens with zero attached hydrogens (tertiary/aromatic N) is 1. The average molecular weight is 290 g/mol. The number of hydrogen-bond donors (Lipinski definition) is 1. The van der Waals surface area contributed by atoms with Crippen molar-refractivity contribution in [2.45, 2.75) is 24.7 Å². The van der Waals surface area contributed by atoms with Crippen molar-refractivity contribution in [3.05, 3.63) is 48.8 Å². The van der Waals surface area contributed by atoms with E-state index in [1.54, 1.807) is 24.5 Å². The first-order chi connectivity index (χ1) is 9.63. The number of aromatic nitrogens is 1. The molecule has 0 aliphatic heterocycles. The van der Waals surface area contributed by atoms with Gasteiger partial charge < -0.3 is 0 Å². The Morgan fingerprint density at radius 1 is 1.00 bits per heavy atom. The van der Waals surface area contributed by atoms with Crippen LogP contribution in [-0.4, -0.2) is 19.9 Å². The van der Waals surface area contributed by atoms with Crippen LogP contribution in [0.5, 0.6) is 0 Å². The predicted molar refractivity (Wildman–Crippen MR) is 79.8 cm³/mol. The molecule has 0 fully saturated rings. The second kappa shape index (κ2) is 6.63. The van der Waals surface area contributed by atoms with Crippen molar-refractivity contribution in [3.63, 3.8) is 0 Å². The van der Waals surface area contributed by atoms with Crippen LogP contribution in [0.2, 0.25) is 0 Å². The highest BCUT2D eigenvalue weighted by Gasteiger charge is 2.12. The number of hydrogen-bond acceptors (Lipinski definition) is 3. The zero-order valence-electron chi connectivity index (χ0n) is 11.4. The molecule has 0 amide bonds. The summed E-state index contributed by atoms with van der Waals surface area (Å²) in [5.41, 5.74) is 1.99. The van der Waals surface area contributed by atoms with Crippen LogP contribution >= 0.6 is 0 Å². The summed E-state index contributed by atoms with van der Waals surface area (Å²) in [4.78, 5) is 4.26. The van der Waals surface area contributed by atoms with E-state index in [4.69, 9.17) is 0 Å². The molecule has 106 valence electrons. The lowest BCUT2D eigenvalue weighted by molar-refractivity contribution is 0.578. The third-order valence-electron chi connectivity index (χ3n) is 3.00. The largest absolute Gasteiger partial charge is 0.265 e. The van der Waals surface area contributed by atoms with Crippen molar-refractivity contribution in [2.75, 3.05) is 6.54 Å². The third kappa shape index (κ3) is 3.65. The van der Waals surface area contributed by atoms with Gasteiger partial charge in [-0.2, -0.15) is 0 Å². The second-order valence-corrected chi connectivity index (χ2v) is 6.28. The fourth-order valence-electron chi connectivity index (χ4n) is 1.84. The van der Waals surface area contributed by atoms with Crippen LogP contribution in [-0.2, 0) is 10.0 Å². The minimum atomic E-state index is -3.39.